The Morgan fingerprint density at radius 1 is 1.15 bits per heavy atom. The summed E-state index contributed by atoms with van der Waals surface area (Å²) in [6.45, 7) is 3.63. The summed E-state index contributed by atoms with van der Waals surface area (Å²) in [6, 6.07) is 7.05. The molecule has 3 aliphatic heterocycles. The van der Waals surface area contributed by atoms with Crippen LogP contribution in [0, 0.1) is 0 Å². The van der Waals surface area contributed by atoms with Crippen LogP contribution in [0.4, 0.5) is 19.0 Å². The summed E-state index contributed by atoms with van der Waals surface area (Å²) < 4.78 is 50.1. The minimum Gasteiger partial charge on any atom is -0.379 e. The van der Waals surface area contributed by atoms with E-state index in [1.54, 1.807) is 12.1 Å². The van der Waals surface area contributed by atoms with Gasteiger partial charge in [0.1, 0.15) is 5.82 Å². The fraction of sp³-hybridized carbons (Fsp3) is 0.462. The number of nitrogens with zero attached hydrogens (tertiary/aromatic N) is 5. The van der Waals surface area contributed by atoms with E-state index < -0.39 is 23.9 Å². The monoisotopic (exact) mass is 562 g/mol. The Morgan fingerprint density at radius 2 is 1.92 bits per heavy atom. The predicted octanol–water partition coefficient (Wildman–Crippen LogP) is 3.48. The highest BCUT2D eigenvalue weighted by Gasteiger charge is 2.39. The summed E-state index contributed by atoms with van der Waals surface area (Å²) in [7, 11) is 0. The molecule has 2 bridgehead atoms. The number of hydrogen-bond acceptors (Lipinski definition) is 8. The first-order valence-electron chi connectivity index (χ1n) is 12.7. The summed E-state index contributed by atoms with van der Waals surface area (Å²) in [5.41, 5.74) is 1.40. The van der Waals surface area contributed by atoms with Crippen LogP contribution in [-0.2, 0) is 15.7 Å². The molecule has 1 N–H and O–H groups in total. The Hall–Kier alpha value is -3.06. The maximum Gasteiger partial charge on any atom is 0.451 e. The largest absolute Gasteiger partial charge is 0.451 e. The molecule has 3 saturated heterocycles. The zero-order chi connectivity index (χ0) is 27.1. The fourth-order valence-electron chi connectivity index (χ4n) is 5.52. The van der Waals surface area contributed by atoms with Gasteiger partial charge in [0.25, 0.3) is 5.91 Å². The normalized spacial score (nSPS) is 22.4. The number of carbonyl (C=O) groups is 1. The van der Waals surface area contributed by atoms with Gasteiger partial charge in [-0.15, -0.1) is 0 Å². The van der Waals surface area contributed by atoms with E-state index in [0.29, 0.717) is 61.0 Å². The molecule has 206 valence electrons. The second-order valence-electron chi connectivity index (χ2n) is 9.87. The van der Waals surface area contributed by atoms with Crippen molar-refractivity contribution in [2.45, 2.75) is 30.8 Å². The molecule has 1 unspecified atom stereocenters. The van der Waals surface area contributed by atoms with Crippen LogP contribution in [0.2, 0.25) is 5.02 Å². The summed E-state index contributed by atoms with van der Waals surface area (Å²) in [5.74, 6) is -0.777. The van der Waals surface area contributed by atoms with Crippen LogP contribution in [0.15, 0.2) is 36.7 Å². The van der Waals surface area contributed by atoms with E-state index in [0.717, 1.165) is 31.2 Å². The number of nitrogens with one attached hydrogen (secondary N) is 1. The molecular weight excluding hydrogens is 537 g/mol. The van der Waals surface area contributed by atoms with Gasteiger partial charge in [0, 0.05) is 49.5 Å². The van der Waals surface area contributed by atoms with E-state index >= 15 is 0 Å². The van der Waals surface area contributed by atoms with Crippen molar-refractivity contribution in [2.75, 3.05) is 50.9 Å². The molecule has 3 atom stereocenters. The lowest BCUT2D eigenvalue weighted by Gasteiger charge is -2.34. The van der Waals surface area contributed by atoms with Gasteiger partial charge >= 0.3 is 6.18 Å². The van der Waals surface area contributed by atoms with E-state index in [4.69, 9.17) is 26.1 Å². The van der Waals surface area contributed by atoms with Gasteiger partial charge < -0.3 is 19.7 Å². The van der Waals surface area contributed by atoms with Crippen molar-refractivity contribution in [2.24, 2.45) is 0 Å². The molecule has 1 aromatic carbocycles. The number of alkyl halides is 3. The first-order chi connectivity index (χ1) is 18.8. The topological polar surface area (TPSA) is 92.7 Å². The molecule has 9 nitrogen and oxygen atoms in total. The quantitative estimate of drug-likeness (QED) is 0.488. The van der Waals surface area contributed by atoms with E-state index in [-0.39, 0.29) is 17.7 Å². The third kappa shape index (κ3) is 5.25. The summed E-state index contributed by atoms with van der Waals surface area (Å²) in [4.78, 5) is 29.6. The molecule has 1 amide bonds. The van der Waals surface area contributed by atoms with Crippen molar-refractivity contribution < 1.29 is 27.4 Å². The van der Waals surface area contributed by atoms with Crippen molar-refractivity contribution in [3.63, 3.8) is 0 Å². The molecule has 0 aliphatic carbocycles. The van der Waals surface area contributed by atoms with Gasteiger partial charge in [-0.25, -0.2) is 15.0 Å². The molecule has 0 spiro atoms. The molecule has 3 fully saturated rings. The number of fused-ring (bicyclic) bond motifs is 3. The lowest BCUT2D eigenvalue weighted by Crippen LogP contribution is -2.44. The molecule has 39 heavy (non-hydrogen) atoms. The maximum atomic E-state index is 13.5. The number of hydrogen-bond donors (Lipinski definition) is 1. The summed E-state index contributed by atoms with van der Waals surface area (Å²) in [5, 5.41) is 3.82. The van der Waals surface area contributed by atoms with Crippen LogP contribution in [0.1, 0.15) is 34.2 Å². The van der Waals surface area contributed by atoms with Crippen molar-refractivity contribution in [3.05, 3.63) is 58.6 Å². The van der Waals surface area contributed by atoms with Gasteiger partial charge in [0.2, 0.25) is 5.82 Å². The van der Waals surface area contributed by atoms with Crippen LogP contribution in [0.5, 0.6) is 0 Å². The van der Waals surface area contributed by atoms with Crippen LogP contribution in [0.3, 0.4) is 0 Å². The van der Waals surface area contributed by atoms with E-state index in [1.165, 1.54) is 0 Å². The standard InChI is InChI=1S/C26H26ClF3N6O3/c27-19-2-3-20-18(1-4-22(34-20)36-13-17-9-16(36)14-39-17)23(19)24(37)31-12-21(35-5-7-38-8-6-35)15-10-32-25(33-11-15)26(28,29)30/h1-4,10-11,16-17,21H,5-9,12-14H2,(H,31,37)/t16-,17-,21?/m0/s1. The van der Waals surface area contributed by atoms with Gasteiger partial charge in [0.05, 0.1) is 54.1 Å². The first-order valence-corrected chi connectivity index (χ1v) is 13.1. The Morgan fingerprint density at radius 3 is 2.59 bits per heavy atom. The van der Waals surface area contributed by atoms with Crippen molar-refractivity contribution >= 4 is 34.2 Å². The highest BCUT2D eigenvalue weighted by Crippen LogP contribution is 2.34. The highest BCUT2D eigenvalue weighted by atomic mass is 35.5. The minimum absolute atomic E-state index is 0.114. The fourth-order valence-corrected chi connectivity index (χ4v) is 5.77. The molecule has 13 heteroatoms. The summed E-state index contributed by atoms with van der Waals surface area (Å²) in [6.07, 6.45) is -1.10. The van der Waals surface area contributed by atoms with Gasteiger partial charge in [-0.3, -0.25) is 9.69 Å². The number of benzene rings is 1. The number of pyridine rings is 1. The molecule has 2 aromatic heterocycles. The first kappa shape index (κ1) is 26.2. The zero-order valence-corrected chi connectivity index (χ0v) is 21.6. The third-order valence-corrected chi connectivity index (χ3v) is 7.79. The minimum atomic E-state index is -4.64. The molecule has 0 saturated carbocycles. The molecular formula is C26H26ClF3N6O3. The Balaban J connectivity index is 1.24. The Bertz CT molecular complexity index is 1370. The van der Waals surface area contributed by atoms with Crippen molar-refractivity contribution in [3.8, 4) is 0 Å². The lowest BCUT2D eigenvalue weighted by atomic mass is 10.1. The van der Waals surface area contributed by atoms with Crippen LogP contribution in [0.25, 0.3) is 10.9 Å². The SMILES string of the molecule is O=C(NCC(c1cnc(C(F)(F)F)nc1)N1CCOCC1)c1c(Cl)ccc2nc(N3C[C@@H]4C[C@H]3CO4)ccc12. The van der Waals surface area contributed by atoms with Crippen LogP contribution in [-0.4, -0.2) is 83.9 Å². The number of aromatic nitrogens is 3. The third-order valence-electron chi connectivity index (χ3n) is 7.48. The number of rotatable bonds is 6. The number of anilines is 1. The maximum absolute atomic E-state index is 13.5. The molecule has 0 radical (unpaired) electrons. The van der Waals surface area contributed by atoms with Gasteiger partial charge in [-0.05, 0) is 30.7 Å². The van der Waals surface area contributed by atoms with Crippen LogP contribution < -0.4 is 10.2 Å². The van der Waals surface area contributed by atoms with E-state index in [9.17, 15) is 18.0 Å². The lowest BCUT2D eigenvalue weighted by molar-refractivity contribution is -0.145. The number of halogens is 4. The highest BCUT2D eigenvalue weighted by molar-refractivity contribution is 6.35. The van der Waals surface area contributed by atoms with Gasteiger partial charge in [-0.1, -0.05) is 11.6 Å². The average Bonchev–Trinajstić information content (AvgIpc) is 3.57. The Kier molecular flexibility index (Phi) is 7.04. The number of ether oxygens (including phenoxy) is 2. The second-order valence-corrected chi connectivity index (χ2v) is 10.3. The number of carbonyl (C=O) groups excluding carboxylic acids is 1. The molecule has 3 aromatic rings. The smallest absolute Gasteiger partial charge is 0.379 e. The Labute approximate surface area is 227 Å². The van der Waals surface area contributed by atoms with Gasteiger partial charge in [0.15, 0.2) is 0 Å². The van der Waals surface area contributed by atoms with E-state index in [1.807, 2.05) is 17.0 Å². The van der Waals surface area contributed by atoms with Gasteiger partial charge in [-0.2, -0.15) is 13.2 Å². The summed E-state index contributed by atoms with van der Waals surface area (Å²) >= 11 is 6.49. The van der Waals surface area contributed by atoms with Crippen molar-refractivity contribution in [1.29, 1.82) is 0 Å². The van der Waals surface area contributed by atoms with E-state index in [2.05, 4.69) is 20.2 Å². The number of morpholine rings is 2. The zero-order valence-electron chi connectivity index (χ0n) is 20.8. The predicted molar refractivity (Wildman–Crippen MR) is 137 cm³/mol. The molecule has 6 rings (SSSR count). The van der Waals surface area contributed by atoms with Crippen molar-refractivity contribution in [1.82, 2.24) is 25.2 Å². The number of amides is 1. The molecule has 5 heterocycles. The second kappa shape index (κ2) is 10.5. The van der Waals surface area contributed by atoms with Crippen LogP contribution >= 0.6 is 11.6 Å². The average molecular weight is 563 g/mol. The molecule has 3 aliphatic rings.